The summed E-state index contributed by atoms with van der Waals surface area (Å²) < 4.78 is 26.1. The van der Waals surface area contributed by atoms with E-state index < -0.39 is 28.5 Å². The molecule has 2 aromatic carbocycles. The molecule has 0 fully saturated rings. The normalized spacial score (nSPS) is 13.1. The molecule has 2 rings (SSSR count). The Bertz CT molecular complexity index is 1130. The quantitative estimate of drug-likeness (QED) is 0.434. The van der Waals surface area contributed by atoms with Crippen molar-refractivity contribution in [2.24, 2.45) is 0 Å². The molecule has 0 unspecified atom stereocenters. The fraction of sp³-hybridized carbons (Fsp3) is 0.391. The third-order valence-corrected chi connectivity index (χ3v) is 7.45. The van der Waals surface area contributed by atoms with Gasteiger partial charge in [0.05, 0.1) is 27.0 Å². The van der Waals surface area contributed by atoms with E-state index in [1.807, 2.05) is 44.2 Å². The van der Waals surface area contributed by atoms with Gasteiger partial charge in [0.2, 0.25) is 21.8 Å². The van der Waals surface area contributed by atoms with Gasteiger partial charge in [-0.25, -0.2) is 8.42 Å². The SMILES string of the molecule is CC[C@H](C)NC(=O)[C@H](C)N(Cc1ccccc1)C(=O)CN(c1cc(Cl)c(Cl)cc1Cl)S(C)(=O)=O. The van der Waals surface area contributed by atoms with Crippen molar-refractivity contribution in [2.75, 3.05) is 17.1 Å². The second kappa shape index (κ2) is 12.1. The van der Waals surface area contributed by atoms with E-state index in [1.54, 1.807) is 6.92 Å². The van der Waals surface area contributed by atoms with Crippen molar-refractivity contribution < 1.29 is 18.0 Å². The second-order valence-electron chi connectivity index (χ2n) is 7.99. The minimum atomic E-state index is -3.94. The zero-order valence-corrected chi connectivity index (χ0v) is 22.5. The van der Waals surface area contributed by atoms with E-state index in [9.17, 15) is 18.0 Å². The maximum absolute atomic E-state index is 13.5. The molecule has 0 aliphatic carbocycles. The maximum atomic E-state index is 13.5. The van der Waals surface area contributed by atoms with Gasteiger partial charge in [-0.15, -0.1) is 0 Å². The Morgan fingerprint density at radius 1 is 1.00 bits per heavy atom. The van der Waals surface area contributed by atoms with E-state index in [2.05, 4.69) is 5.32 Å². The lowest BCUT2D eigenvalue weighted by Gasteiger charge is -2.32. The van der Waals surface area contributed by atoms with E-state index in [-0.39, 0.29) is 39.2 Å². The largest absolute Gasteiger partial charge is 0.352 e. The standard InChI is InChI=1S/C23H28Cl3N3O4S/c1-5-15(2)27-23(31)16(3)28(13-17-9-7-6-8-10-17)22(30)14-29(34(4,32)33)21-12-19(25)18(24)11-20(21)26/h6-12,15-16H,5,13-14H2,1-4H3,(H,27,31)/t15-,16-/m0/s1. The molecule has 1 N–H and O–H groups in total. The molecular formula is C23H28Cl3N3O4S. The van der Waals surface area contributed by atoms with Crippen LogP contribution in [0.1, 0.15) is 32.8 Å². The lowest BCUT2D eigenvalue weighted by Crippen LogP contribution is -2.52. The number of carbonyl (C=O) groups excluding carboxylic acids is 2. The molecule has 0 aliphatic heterocycles. The van der Waals surface area contributed by atoms with Gasteiger partial charge in [0.25, 0.3) is 0 Å². The molecule has 0 saturated carbocycles. The third kappa shape index (κ3) is 7.50. The van der Waals surface area contributed by atoms with Crippen LogP contribution in [-0.2, 0) is 26.2 Å². The summed E-state index contributed by atoms with van der Waals surface area (Å²) in [4.78, 5) is 27.7. The van der Waals surface area contributed by atoms with Crippen LogP contribution >= 0.6 is 34.8 Å². The highest BCUT2D eigenvalue weighted by Crippen LogP contribution is 2.35. The number of anilines is 1. The summed E-state index contributed by atoms with van der Waals surface area (Å²) in [6.45, 7) is 4.94. The van der Waals surface area contributed by atoms with E-state index in [0.717, 1.165) is 22.5 Å². The van der Waals surface area contributed by atoms with Gasteiger partial charge < -0.3 is 10.2 Å². The van der Waals surface area contributed by atoms with Gasteiger partial charge in [-0.1, -0.05) is 72.1 Å². The average Bonchev–Trinajstić information content (AvgIpc) is 2.77. The molecule has 0 heterocycles. The first-order valence-electron chi connectivity index (χ1n) is 10.6. The second-order valence-corrected chi connectivity index (χ2v) is 11.1. The molecule has 0 saturated heterocycles. The monoisotopic (exact) mass is 547 g/mol. The Balaban J connectivity index is 2.43. The third-order valence-electron chi connectivity index (χ3n) is 5.30. The number of rotatable bonds is 10. The predicted octanol–water partition coefficient (Wildman–Crippen LogP) is 4.74. The van der Waals surface area contributed by atoms with Crippen LogP contribution in [0.25, 0.3) is 0 Å². The highest BCUT2D eigenvalue weighted by molar-refractivity contribution is 7.92. The Labute approximate surface area is 216 Å². The van der Waals surface area contributed by atoms with Crippen molar-refractivity contribution in [3.8, 4) is 0 Å². The fourth-order valence-electron chi connectivity index (χ4n) is 3.13. The highest BCUT2D eigenvalue weighted by atomic mass is 35.5. The van der Waals surface area contributed by atoms with E-state index >= 15 is 0 Å². The molecule has 34 heavy (non-hydrogen) atoms. The maximum Gasteiger partial charge on any atom is 0.244 e. The number of nitrogens with one attached hydrogen (secondary N) is 1. The molecule has 0 spiro atoms. The number of carbonyl (C=O) groups is 2. The number of sulfonamides is 1. The van der Waals surface area contributed by atoms with E-state index in [4.69, 9.17) is 34.8 Å². The van der Waals surface area contributed by atoms with Crippen molar-refractivity contribution >= 4 is 62.3 Å². The van der Waals surface area contributed by atoms with Crippen LogP contribution in [0, 0.1) is 0 Å². The van der Waals surface area contributed by atoms with Crippen LogP contribution in [0.3, 0.4) is 0 Å². The minimum Gasteiger partial charge on any atom is -0.352 e. The molecule has 0 bridgehead atoms. The summed E-state index contributed by atoms with van der Waals surface area (Å²) in [6.07, 6.45) is 1.68. The van der Waals surface area contributed by atoms with Crippen molar-refractivity contribution in [3.05, 3.63) is 63.1 Å². The number of benzene rings is 2. The number of hydrogen-bond donors (Lipinski definition) is 1. The zero-order valence-electron chi connectivity index (χ0n) is 19.4. The Morgan fingerprint density at radius 2 is 1.59 bits per heavy atom. The number of hydrogen-bond acceptors (Lipinski definition) is 4. The Morgan fingerprint density at radius 3 is 2.15 bits per heavy atom. The molecule has 0 aromatic heterocycles. The summed E-state index contributed by atoms with van der Waals surface area (Å²) in [5, 5.41) is 3.13. The van der Waals surface area contributed by atoms with Crippen LogP contribution in [0.4, 0.5) is 5.69 Å². The molecule has 11 heteroatoms. The molecule has 0 radical (unpaired) electrons. The molecule has 0 aliphatic rings. The molecule has 186 valence electrons. The minimum absolute atomic E-state index is 0.0169. The fourth-order valence-corrected chi connectivity index (χ4v) is 4.67. The van der Waals surface area contributed by atoms with Gasteiger partial charge >= 0.3 is 0 Å². The highest BCUT2D eigenvalue weighted by Gasteiger charge is 2.31. The van der Waals surface area contributed by atoms with Gasteiger partial charge in [0.1, 0.15) is 12.6 Å². The van der Waals surface area contributed by atoms with Gasteiger partial charge in [-0.05, 0) is 38.0 Å². The van der Waals surface area contributed by atoms with Crippen molar-refractivity contribution in [3.63, 3.8) is 0 Å². The lowest BCUT2D eigenvalue weighted by atomic mass is 10.1. The number of halogens is 3. The van der Waals surface area contributed by atoms with Gasteiger partial charge in [-0.3, -0.25) is 13.9 Å². The van der Waals surface area contributed by atoms with E-state index in [1.165, 1.54) is 17.0 Å². The van der Waals surface area contributed by atoms with Crippen LogP contribution in [-0.4, -0.2) is 50.0 Å². The smallest absolute Gasteiger partial charge is 0.244 e. The summed E-state index contributed by atoms with van der Waals surface area (Å²) in [5.41, 5.74) is 0.806. The summed E-state index contributed by atoms with van der Waals surface area (Å²) in [5.74, 6) is -0.916. The van der Waals surface area contributed by atoms with Crippen LogP contribution in [0.2, 0.25) is 15.1 Å². The zero-order chi connectivity index (χ0) is 25.6. The van der Waals surface area contributed by atoms with Crippen LogP contribution in [0.5, 0.6) is 0 Å². The Kier molecular flexibility index (Phi) is 10.1. The first kappa shape index (κ1) is 28.2. The molecule has 2 aromatic rings. The van der Waals surface area contributed by atoms with Gasteiger partial charge in [0, 0.05) is 12.6 Å². The molecular weight excluding hydrogens is 521 g/mol. The Hall–Kier alpha value is -2.00. The van der Waals surface area contributed by atoms with Gasteiger partial charge in [0.15, 0.2) is 0 Å². The first-order valence-corrected chi connectivity index (χ1v) is 13.6. The van der Waals surface area contributed by atoms with Crippen molar-refractivity contribution in [1.29, 1.82) is 0 Å². The predicted molar refractivity (Wildman–Crippen MR) is 138 cm³/mol. The molecule has 2 amide bonds. The van der Waals surface area contributed by atoms with Crippen molar-refractivity contribution in [1.82, 2.24) is 10.2 Å². The summed E-state index contributed by atoms with van der Waals surface area (Å²) in [6, 6.07) is 10.8. The lowest BCUT2D eigenvalue weighted by molar-refractivity contribution is -0.139. The summed E-state index contributed by atoms with van der Waals surface area (Å²) in [7, 11) is -3.94. The number of nitrogens with zero attached hydrogens (tertiary/aromatic N) is 2. The molecule has 2 atom stereocenters. The first-order chi connectivity index (χ1) is 15.8. The van der Waals surface area contributed by atoms with Crippen molar-refractivity contribution in [2.45, 2.75) is 45.8 Å². The number of amides is 2. The van der Waals surface area contributed by atoms with Crippen LogP contribution in [0.15, 0.2) is 42.5 Å². The van der Waals surface area contributed by atoms with Gasteiger partial charge in [-0.2, -0.15) is 0 Å². The summed E-state index contributed by atoms with van der Waals surface area (Å²) >= 11 is 18.3. The topological polar surface area (TPSA) is 86.8 Å². The van der Waals surface area contributed by atoms with E-state index in [0.29, 0.717) is 0 Å². The molecule has 7 nitrogen and oxygen atoms in total. The average molecular weight is 549 g/mol. The van der Waals surface area contributed by atoms with Crippen LogP contribution < -0.4 is 9.62 Å².